The van der Waals surface area contributed by atoms with Crippen molar-refractivity contribution in [3.05, 3.63) is 103 Å². The Kier molecular flexibility index (Phi) is 6.23. The molecule has 0 fully saturated rings. The van der Waals surface area contributed by atoms with Crippen LogP contribution in [-0.2, 0) is 16.6 Å². The molecule has 4 rings (SSSR count). The molecule has 0 saturated carbocycles. The molecule has 0 unspecified atom stereocenters. The number of sulfonamides is 1. The molecule has 0 aliphatic heterocycles. The molecule has 32 heavy (non-hydrogen) atoms. The van der Waals surface area contributed by atoms with Crippen LogP contribution in [0.25, 0.3) is 11.1 Å². The van der Waals surface area contributed by atoms with Crippen molar-refractivity contribution >= 4 is 27.4 Å². The molecule has 0 radical (unpaired) electrons. The van der Waals surface area contributed by atoms with Crippen LogP contribution in [0.4, 0.5) is 16.2 Å². The number of carbonyl (C=O) groups is 1. The van der Waals surface area contributed by atoms with Gasteiger partial charge in [-0.25, -0.2) is 13.2 Å². The molecule has 0 spiro atoms. The number of furan rings is 1. The van der Waals surface area contributed by atoms with Gasteiger partial charge in [0, 0.05) is 29.0 Å². The molecule has 8 heteroatoms. The number of nitrogens with one attached hydrogen (secondary N) is 3. The Morgan fingerprint density at radius 2 is 1.50 bits per heavy atom. The molecule has 1 heterocycles. The summed E-state index contributed by atoms with van der Waals surface area (Å²) in [6.07, 6.45) is 3.09. The Bertz CT molecular complexity index is 1290. The average Bonchev–Trinajstić information content (AvgIpc) is 3.33. The Morgan fingerprint density at radius 3 is 2.22 bits per heavy atom. The number of hydrogen-bond acceptors (Lipinski definition) is 4. The van der Waals surface area contributed by atoms with Gasteiger partial charge in [-0.3, -0.25) is 4.72 Å². The van der Waals surface area contributed by atoms with E-state index < -0.39 is 10.0 Å². The minimum absolute atomic E-state index is 0.187. The number of rotatable bonds is 7. The smallest absolute Gasteiger partial charge is 0.319 e. The molecule has 0 bridgehead atoms. The quantitative estimate of drug-likeness (QED) is 0.368. The van der Waals surface area contributed by atoms with E-state index in [1.807, 2.05) is 30.3 Å². The highest BCUT2D eigenvalue weighted by molar-refractivity contribution is 7.92. The molecule has 3 aromatic carbocycles. The lowest BCUT2D eigenvalue weighted by Crippen LogP contribution is -2.27. The van der Waals surface area contributed by atoms with Crippen LogP contribution < -0.4 is 15.4 Å². The van der Waals surface area contributed by atoms with Gasteiger partial charge in [-0.15, -0.1) is 0 Å². The zero-order valence-corrected chi connectivity index (χ0v) is 17.8. The van der Waals surface area contributed by atoms with Crippen molar-refractivity contribution in [3.63, 3.8) is 0 Å². The molecule has 3 N–H and O–H groups in total. The highest BCUT2D eigenvalue weighted by atomic mass is 32.2. The summed E-state index contributed by atoms with van der Waals surface area (Å²) in [5.74, 6) is 0. The van der Waals surface area contributed by atoms with Crippen LogP contribution in [0.3, 0.4) is 0 Å². The molecule has 162 valence electrons. The van der Waals surface area contributed by atoms with E-state index in [0.717, 1.165) is 11.1 Å². The van der Waals surface area contributed by atoms with E-state index >= 15 is 0 Å². The third-order valence-electron chi connectivity index (χ3n) is 4.69. The van der Waals surface area contributed by atoms with Crippen LogP contribution in [0.2, 0.25) is 0 Å². The number of hydrogen-bond donors (Lipinski definition) is 3. The summed E-state index contributed by atoms with van der Waals surface area (Å²) < 4.78 is 33.7. The summed E-state index contributed by atoms with van der Waals surface area (Å²) in [5, 5.41) is 5.41. The molecule has 7 nitrogen and oxygen atoms in total. The second kappa shape index (κ2) is 9.40. The summed E-state index contributed by atoms with van der Waals surface area (Å²) in [6, 6.07) is 24.0. The van der Waals surface area contributed by atoms with E-state index in [9.17, 15) is 13.2 Å². The second-order valence-electron chi connectivity index (χ2n) is 6.98. The molecule has 0 atom stereocenters. The maximum absolute atomic E-state index is 13.1. The standard InChI is InChI=1S/C24H21N3O4S/c28-24(25-16-18-14-15-31-17-18)26-20-10-12-21(13-11-20)27-32(29,30)23-9-5-4-8-22(23)19-6-2-1-3-7-19/h1-15,17,27H,16H2,(H2,25,26,28). The maximum Gasteiger partial charge on any atom is 0.319 e. The number of urea groups is 1. The van der Waals surface area contributed by atoms with Gasteiger partial charge >= 0.3 is 6.03 Å². The third kappa shape index (κ3) is 5.16. The first-order chi connectivity index (χ1) is 15.5. The molecular weight excluding hydrogens is 426 g/mol. The molecule has 0 aliphatic carbocycles. The average molecular weight is 448 g/mol. The van der Waals surface area contributed by atoms with E-state index in [0.29, 0.717) is 23.5 Å². The largest absolute Gasteiger partial charge is 0.472 e. The van der Waals surface area contributed by atoms with E-state index in [1.165, 1.54) is 6.26 Å². The van der Waals surface area contributed by atoms with Crippen molar-refractivity contribution in [2.45, 2.75) is 11.4 Å². The fraction of sp³-hybridized carbons (Fsp3) is 0.0417. The van der Waals surface area contributed by atoms with Gasteiger partial charge in [0.2, 0.25) is 0 Å². The zero-order valence-electron chi connectivity index (χ0n) is 17.0. The topological polar surface area (TPSA) is 100 Å². The molecule has 0 saturated heterocycles. The van der Waals surface area contributed by atoms with Gasteiger partial charge in [0.25, 0.3) is 10.0 Å². The van der Waals surface area contributed by atoms with Gasteiger partial charge in [-0.05, 0) is 42.0 Å². The van der Waals surface area contributed by atoms with E-state index in [1.54, 1.807) is 60.9 Å². The monoisotopic (exact) mass is 447 g/mol. The van der Waals surface area contributed by atoms with Gasteiger partial charge in [0.15, 0.2) is 0 Å². The molecule has 2 amide bonds. The molecule has 0 aliphatic rings. The van der Waals surface area contributed by atoms with Gasteiger partial charge in [-0.1, -0.05) is 48.5 Å². The van der Waals surface area contributed by atoms with Gasteiger partial charge in [0.1, 0.15) is 0 Å². The van der Waals surface area contributed by atoms with Crippen molar-refractivity contribution in [1.29, 1.82) is 0 Å². The first-order valence-electron chi connectivity index (χ1n) is 9.84. The Hall–Kier alpha value is -4.04. The molecule has 1 aromatic heterocycles. The summed E-state index contributed by atoms with van der Waals surface area (Å²) in [4.78, 5) is 12.2. The minimum Gasteiger partial charge on any atom is -0.472 e. The fourth-order valence-corrected chi connectivity index (χ4v) is 4.43. The Labute approximate surface area is 186 Å². The van der Waals surface area contributed by atoms with Gasteiger partial charge < -0.3 is 15.1 Å². The van der Waals surface area contributed by atoms with E-state index in [2.05, 4.69) is 15.4 Å². The van der Waals surface area contributed by atoms with Crippen molar-refractivity contribution in [3.8, 4) is 11.1 Å². The summed E-state index contributed by atoms with van der Waals surface area (Å²) in [6.45, 7) is 0.334. The third-order valence-corrected chi connectivity index (χ3v) is 6.13. The highest BCUT2D eigenvalue weighted by Gasteiger charge is 2.19. The summed E-state index contributed by atoms with van der Waals surface area (Å²) in [7, 11) is -3.82. The van der Waals surface area contributed by atoms with Crippen LogP contribution in [0.1, 0.15) is 5.56 Å². The summed E-state index contributed by atoms with van der Waals surface area (Å²) in [5.41, 5.74) is 3.20. The lowest BCUT2D eigenvalue weighted by Gasteiger charge is -2.13. The zero-order chi connectivity index (χ0) is 22.4. The number of carbonyl (C=O) groups excluding carboxylic acids is 1. The molecular formula is C24H21N3O4S. The van der Waals surface area contributed by atoms with Crippen LogP contribution in [0.15, 0.2) is 107 Å². The van der Waals surface area contributed by atoms with Crippen LogP contribution in [0, 0.1) is 0 Å². The predicted octanol–water partition coefficient (Wildman–Crippen LogP) is 5.07. The predicted molar refractivity (Wildman–Crippen MR) is 124 cm³/mol. The minimum atomic E-state index is -3.82. The van der Waals surface area contributed by atoms with Crippen molar-refractivity contribution < 1.29 is 17.6 Å². The first-order valence-corrected chi connectivity index (χ1v) is 11.3. The van der Waals surface area contributed by atoms with Crippen molar-refractivity contribution in [2.75, 3.05) is 10.0 Å². The van der Waals surface area contributed by atoms with Crippen LogP contribution >= 0.6 is 0 Å². The Morgan fingerprint density at radius 1 is 0.812 bits per heavy atom. The highest BCUT2D eigenvalue weighted by Crippen LogP contribution is 2.28. The van der Waals surface area contributed by atoms with Crippen LogP contribution in [-0.4, -0.2) is 14.4 Å². The van der Waals surface area contributed by atoms with Crippen molar-refractivity contribution in [2.24, 2.45) is 0 Å². The fourth-order valence-electron chi connectivity index (χ4n) is 3.14. The van der Waals surface area contributed by atoms with Crippen molar-refractivity contribution in [1.82, 2.24) is 5.32 Å². The number of benzene rings is 3. The normalized spacial score (nSPS) is 11.0. The maximum atomic E-state index is 13.1. The lowest BCUT2D eigenvalue weighted by atomic mass is 10.1. The number of amides is 2. The first kappa shape index (κ1) is 21.2. The Balaban J connectivity index is 1.44. The SMILES string of the molecule is O=C(NCc1ccoc1)Nc1ccc(NS(=O)(=O)c2ccccc2-c2ccccc2)cc1. The lowest BCUT2D eigenvalue weighted by molar-refractivity contribution is 0.251. The number of anilines is 2. The molecule has 4 aromatic rings. The second-order valence-corrected chi connectivity index (χ2v) is 8.64. The summed E-state index contributed by atoms with van der Waals surface area (Å²) >= 11 is 0. The van der Waals surface area contributed by atoms with Crippen LogP contribution in [0.5, 0.6) is 0 Å². The van der Waals surface area contributed by atoms with Gasteiger partial charge in [0.05, 0.1) is 17.4 Å². The van der Waals surface area contributed by atoms with E-state index in [4.69, 9.17) is 4.42 Å². The van der Waals surface area contributed by atoms with Gasteiger partial charge in [-0.2, -0.15) is 0 Å². The van der Waals surface area contributed by atoms with E-state index in [-0.39, 0.29) is 10.9 Å².